The molecule has 0 radical (unpaired) electrons. The largest absolute Gasteiger partial charge is 0.433 e. The summed E-state index contributed by atoms with van der Waals surface area (Å²) in [4.78, 5) is 10.2. The third-order valence-corrected chi connectivity index (χ3v) is 2.25. The number of hydrogen-bond acceptors (Lipinski definition) is 5. The molecule has 0 amide bonds. The van der Waals surface area contributed by atoms with Gasteiger partial charge in [-0.05, 0) is 12.1 Å². The normalized spacial score (nSPS) is 10.7. The summed E-state index contributed by atoms with van der Waals surface area (Å²) >= 11 is 4.81. The molecule has 0 N–H and O–H groups in total. The first-order valence-corrected chi connectivity index (χ1v) is 5.74. The highest BCUT2D eigenvalue weighted by Gasteiger charge is 2.14. The van der Waals surface area contributed by atoms with Crippen molar-refractivity contribution in [3.63, 3.8) is 0 Å². The molecule has 0 aliphatic heterocycles. The Morgan fingerprint density at radius 3 is 2.40 bits per heavy atom. The third kappa shape index (κ3) is 4.66. The van der Waals surface area contributed by atoms with Gasteiger partial charge in [-0.3, -0.25) is 0 Å². The van der Waals surface area contributed by atoms with E-state index < -0.39 is 21.5 Å². The van der Waals surface area contributed by atoms with Gasteiger partial charge in [0.05, 0.1) is 0 Å². The minimum absolute atomic E-state index is 0.142. The molecule has 0 bridgehead atoms. The fraction of sp³-hybridized carbons (Fsp3) is 0.125. The molecule has 1 aromatic carbocycles. The molecule has 0 aliphatic carbocycles. The van der Waals surface area contributed by atoms with Crippen molar-refractivity contribution in [2.75, 3.05) is 5.94 Å². The van der Waals surface area contributed by atoms with Crippen LogP contribution in [0.3, 0.4) is 0 Å². The summed E-state index contributed by atoms with van der Waals surface area (Å²) < 4.78 is 31.0. The molecule has 5 nitrogen and oxygen atoms in total. The summed E-state index contributed by atoms with van der Waals surface area (Å²) in [5.41, 5.74) is -1.20. The van der Waals surface area contributed by atoms with Crippen LogP contribution in [0.4, 0.5) is 4.79 Å². The number of para-hydroxylation sites is 1. The van der Waals surface area contributed by atoms with Gasteiger partial charge in [0.2, 0.25) is 5.94 Å². The zero-order chi connectivity index (χ0) is 11.3. The molecule has 0 spiro atoms. The Kier molecular flexibility index (Phi) is 3.93. The SMILES string of the molecule is O=C(Cl)OCS(=O)(=O)Oc1ccccc1. The summed E-state index contributed by atoms with van der Waals surface area (Å²) in [6.07, 6.45) is 0. The second-order valence-corrected chi connectivity index (χ2v) is 4.28. The lowest BCUT2D eigenvalue weighted by Crippen LogP contribution is -2.16. The fourth-order valence-corrected chi connectivity index (χ4v) is 1.59. The predicted molar refractivity (Wildman–Crippen MR) is 53.2 cm³/mol. The lowest BCUT2D eigenvalue weighted by atomic mass is 10.3. The van der Waals surface area contributed by atoms with Crippen molar-refractivity contribution >= 4 is 27.1 Å². The molecule has 0 unspecified atom stereocenters. The average molecular weight is 251 g/mol. The second-order valence-electron chi connectivity index (χ2n) is 2.45. The minimum Gasteiger partial charge on any atom is -0.433 e. The van der Waals surface area contributed by atoms with E-state index in [-0.39, 0.29) is 5.75 Å². The number of halogens is 1. The van der Waals surface area contributed by atoms with Gasteiger partial charge in [0.15, 0.2) is 0 Å². The Labute approximate surface area is 91.7 Å². The summed E-state index contributed by atoms with van der Waals surface area (Å²) in [5.74, 6) is -0.771. The Morgan fingerprint density at radius 2 is 1.87 bits per heavy atom. The maximum atomic E-state index is 11.1. The fourth-order valence-electron chi connectivity index (χ4n) is 0.765. The molecule has 0 saturated heterocycles. The molecular formula is C8H7ClO5S. The summed E-state index contributed by atoms with van der Waals surface area (Å²) in [6.45, 7) is 0. The Balaban J connectivity index is 2.61. The average Bonchev–Trinajstić information content (AvgIpc) is 2.16. The highest BCUT2D eigenvalue weighted by molar-refractivity contribution is 7.86. The van der Waals surface area contributed by atoms with Gasteiger partial charge in [-0.15, -0.1) is 0 Å². The number of carbonyl (C=O) groups is 1. The first kappa shape index (κ1) is 11.8. The van der Waals surface area contributed by atoms with E-state index in [1.165, 1.54) is 12.1 Å². The van der Waals surface area contributed by atoms with E-state index in [4.69, 9.17) is 11.6 Å². The number of benzene rings is 1. The van der Waals surface area contributed by atoms with Crippen LogP contribution in [-0.4, -0.2) is 19.8 Å². The zero-order valence-electron chi connectivity index (χ0n) is 7.42. The first-order chi connectivity index (χ1) is 6.99. The summed E-state index contributed by atoms with van der Waals surface area (Å²) in [5, 5.41) is 0. The molecule has 0 saturated carbocycles. The van der Waals surface area contributed by atoms with Gasteiger partial charge in [0.1, 0.15) is 5.75 Å². The van der Waals surface area contributed by atoms with Crippen molar-refractivity contribution in [1.29, 1.82) is 0 Å². The second kappa shape index (κ2) is 4.99. The van der Waals surface area contributed by atoms with Crippen LogP contribution in [-0.2, 0) is 14.9 Å². The molecular weight excluding hydrogens is 244 g/mol. The minimum atomic E-state index is -3.96. The highest BCUT2D eigenvalue weighted by atomic mass is 35.5. The van der Waals surface area contributed by atoms with Gasteiger partial charge in [0, 0.05) is 11.6 Å². The third-order valence-electron chi connectivity index (χ3n) is 1.28. The van der Waals surface area contributed by atoms with Crippen molar-refractivity contribution < 1.29 is 22.1 Å². The van der Waals surface area contributed by atoms with E-state index in [0.717, 1.165) is 0 Å². The quantitative estimate of drug-likeness (QED) is 0.601. The zero-order valence-corrected chi connectivity index (χ0v) is 8.99. The van der Waals surface area contributed by atoms with Gasteiger partial charge in [-0.2, -0.15) is 8.42 Å². The van der Waals surface area contributed by atoms with Crippen molar-refractivity contribution in [3.05, 3.63) is 30.3 Å². The Morgan fingerprint density at radius 1 is 1.27 bits per heavy atom. The van der Waals surface area contributed by atoms with Crippen molar-refractivity contribution in [1.82, 2.24) is 0 Å². The van der Waals surface area contributed by atoms with Crippen molar-refractivity contribution in [2.45, 2.75) is 0 Å². The molecule has 0 fully saturated rings. The van der Waals surface area contributed by atoms with E-state index >= 15 is 0 Å². The van der Waals surface area contributed by atoms with Crippen LogP contribution in [0.1, 0.15) is 0 Å². The molecule has 0 heterocycles. The van der Waals surface area contributed by atoms with Crippen LogP contribution < -0.4 is 4.18 Å². The first-order valence-electron chi connectivity index (χ1n) is 3.79. The van der Waals surface area contributed by atoms with E-state index in [9.17, 15) is 13.2 Å². The monoisotopic (exact) mass is 250 g/mol. The van der Waals surface area contributed by atoms with Crippen LogP contribution in [0.15, 0.2) is 30.3 Å². The molecule has 82 valence electrons. The molecule has 1 aromatic rings. The van der Waals surface area contributed by atoms with Crippen LogP contribution >= 0.6 is 11.6 Å². The van der Waals surface area contributed by atoms with Crippen molar-refractivity contribution in [2.24, 2.45) is 0 Å². The van der Waals surface area contributed by atoms with Gasteiger partial charge in [-0.25, -0.2) is 4.79 Å². The number of ether oxygens (including phenoxy) is 1. The standard InChI is InChI=1S/C8H7ClO5S/c9-8(10)13-6-15(11,12)14-7-4-2-1-3-5-7/h1-5H,6H2. The van der Waals surface area contributed by atoms with Crippen LogP contribution in [0.5, 0.6) is 5.75 Å². The molecule has 1 rings (SSSR count). The van der Waals surface area contributed by atoms with E-state index in [1.807, 2.05) is 0 Å². The number of rotatable bonds is 4. The van der Waals surface area contributed by atoms with E-state index in [2.05, 4.69) is 8.92 Å². The predicted octanol–water partition coefficient (Wildman–Crippen LogP) is 1.73. The summed E-state index contributed by atoms with van der Waals surface area (Å²) in [7, 11) is -3.96. The maximum Gasteiger partial charge on any atom is 0.404 e. The lowest BCUT2D eigenvalue weighted by Gasteiger charge is -2.05. The number of hydrogen-bond donors (Lipinski definition) is 0. The van der Waals surface area contributed by atoms with Gasteiger partial charge in [-0.1, -0.05) is 18.2 Å². The van der Waals surface area contributed by atoms with E-state index in [1.54, 1.807) is 18.2 Å². The lowest BCUT2D eigenvalue weighted by molar-refractivity contribution is 0.189. The van der Waals surface area contributed by atoms with Crippen LogP contribution in [0, 0.1) is 0 Å². The van der Waals surface area contributed by atoms with Gasteiger partial charge < -0.3 is 8.92 Å². The van der Waals surface area contributed by atoms with Crippen molar-refractivity contribution in [3.8, 4) is 5.75 Å². The Hall–Kier alpha value is -1.27. The van der Waals surface area contributed by atoms with Crippen LogP contribution in [0.25, 0.3) is 0 Å². The smallest absolute Gasteiger partial charge is 0.404 e. The van der Waals surface area contributed by atoms with E-state index in [0.29, 0.717) is 0 Å². The maximum absolute atomic E-state index is 11.1. The molecule has 0 atom stereocenters. The molecule has 7 heteroatoms. The van der Waals surface area contributed by atoms with Gasteiger partial charge >= 0.3 is 15.5 Å². The molecule has 15 heavy (non-hydrogen) atoms. The summed E-state index contributed by atoms with van der Waals surface area (Å²) in [6, 6.07) is 7.84. The molecule has 0 aromatic heterocycles. The van der Waals surface area contributed by atoms with Gasteiger partial charge in [0.25, 0.3) is 0 Å². The molecule has 0 aliphatic rings. The highest BCUT2D eigenvalue weighted by Crippen LogP contribution is 2.11. The topological polar surface area (TPSA) is 69.7 Å². The number of carbonyl (C=O) groups excluding carboxylic acids is 1. The van der Waals surface area contributed by atoms with Crippen LogP contribution in [0.2, 0.25) is 0 Å². The Bertz CT molecular complexity index is 428.